The van der Waals surface area contributed by atoms with E-state index in [-0.39, 0.29) is 48.6 Å². The van der Waals surface area contributed by atoms with E-state index in [0.29, 0.717) is 17.4 Å². The Bertz CT molecular complexity index is 1080. The van der Waals surface area contributed by atoms with Gasteiger partial charge < -0.3 is 19.3 Å². The average Bonchev–Trinajstić information content (AvgIpc) is 3.38. The molecule has 0 bridgehead atoms. The fraction of sp³-hybridized carbons (Fsp3) is 0.600. The molecule has 3 heterocycles. The minimum absolute atomic E-state index is 0.00842. The predicted molar refractivity (Wildman–Crippen MR) is 121 cm³/mol. The second-order valence-electron chi connectivity index (χ2n) is 7.47. The Hall–Kier alpha value is -2.71. The Morgan fingerprint density at radius 2 is 1.39 bits per heavy atom. The molecule has 2 fully saturated rings. The number of hydrogen-bond donors (Lipinski definition) is 0. The van der Waals surface area contributed by atoms with Crippen LogP contribution in [0, 0.1) is 3.57 Å². The zero-order chi connectivity index (χ0) is 24.3. The van der Waals surface area contributed by atoms with Crippen molar-refractivity contribution in [2.24, 2.45) is 0 Å². The summed E-state index contributed by atoms with van der Waals surface area (Å²) in [7, 11) is 0. The van der Waals surface area contributed by atoms with Crippen molar-refractivity contribution in [3.63, 3.8) is 0 Å². The lowest BCUT2D eigenvalue weighted by Crippen LogP contribution is -2.54. The van der Waals surface area contributed by atoms with Gasteiger partial charge >= 0.3 is 17.6 Å². The number of amides is 2. The highest BCUT2D eigenvalue weighted by Crippen LogP contribution is 2.24. The molecule has 0 radical (unpaired) electrons. The Kier molecular flexibility index (Phi) is 7.92. The fourth-order valence-electron chi connectivity index (χ4n) is 4.00. The van der Waals surface area contributed by atoms with Crippen LogP contribution < -0.4 is 11.2 Å². The first-order valence-electron chi connectivity index (χ1n) is 10.7. The molecule has 180 valence electrons. The maximum atomic E-state index is 13.6. The topological polar surface area (TPSA) is 137 Å². The molecule has 2 amide bonds. The first kappa shape index (κ1) is 24.9. The minimum Gasteiger partial charge on any atom is -0.463 e. The molecular weight excluding hydrogens is 551 g/mol. The van der Waals surface area contributed by atoms with Crippen LogP contribution in [-0.4, -0.2) is 69.0 Å². The number of esters is 2. The van der Waals surface area contributed by atoms with E-state index in [0.717, 1.165) is 15.7 Å². The van der Waals surface area contributed by atoms with Crippen LogP contribution in [0.15, 0.2) is 15.8 Å². The number of carbonyl (C=O) groups is 4. The first-order chi connectivity index (χ1) is 15.7. The van der Waals surface area contributed by atoms with E-state index >= 15 is 0 Å². The highest BCUT2D eigenvalue weighted by Gasteiger charge is 2.41. The van der Waals surface area contributed by atoms with Crippen molar-refractivity contribution >= 4 is 46.3 Å². The smallest absolute Gasteiger partial charge is 0.350 e. The lowest BCUT2D eigenvalue weighted by molar-refractivity contribution is -0.159. The van der Waals surface area contributed by atoms with E-state index in [9.17, 15) is 28.8 Å². The van der Waals surface area contributed by atoms with Crippen LogP contribution in [0.1, 0.15) is 51.9 Å². The lowest BCUT2D eigenvalue weighted by Gasteiger charge is -2.30. The third kappa shape index (κ3) is 4.82. The molecule has 0 spiro atoms. The van der Waals surface area contributed by atoms with Crippen molar-refractivity contribution < 1.29 is 28.7 Å². The van der Waals surface area contributed by atoms with E-state index in [1.807, 2.05) is 0 Å². The molecule has 2 atom stereocenters. The summed E-state index contributed by atoms with van der Waals surface area (Å²) >= 11 is 1.68. The summed E-state index contributed by atoms with van der Waals surface area (Å²) in [6, 6.07) is 0. The van der Waals surface area contributed by atoms with Crippen molar-refractivity contribution in [1.29, 1.82) is 0 Å². The molecule has 2 aliphatic rings. The predicted octanol–water partition coefficient (Wildman–Crippen LogP) is -0.0172. The summed E-state index contributed by atoms with van der Waals surface area (Å²) in [5.41, 5.74) is -1.85. The Labute approximate surface area is 202 Å². The van der Waals surface area contributed by atoms with Gasteiger partial charge in [-0.25, -0.2) is 19.0 Å². The number of nitrogens with zero attached hydrogens (tertiary/aromatic N) is 4. The molecule has 0 aliphatic carbocycles. The van der Waals surface area contributed by atoms with Crippen LogP contribution >= 0.6 is 22.6 Å². The number of aromatic nitrogens is 2. The van der Waals surface area contributed by atoms with E-state index in [1.54, 1.807) is 36.4 Å². The highest BCUT2D eigenvalue weighted by atomic mass is 127. The third-order valence-corrected chi connectivity index (χ3v) is 6.16. The van der Waals surface area contributed by atoms with Crippen molar-refractivity contribution in [2.75, 3.05) is 26.3 Å². The van der Waals surface area contributed by atoms with Gasteiger partial charge in [0.2, 0.25) is 24.1 Å². The summed E-state index contributed by atoms with van der Waals surface area (Å²) in [5.74, 6) is -2.53. The molecule has 0 saturated carbocycles. The molecule has 12 nitrogen and oxygen atoms in total. The van der Waals surface area contributed by atoms with Crippen LogP contribution in [-0.2, 0) is 28.7 Å². The molecular formula is C20H25IN4O8. The maximum Gasteiger partial charge on any atom is 0.350 e. The van der Waals surface area contributed by atoms with Gasteiger partial charge in [0.05, 0.1) is 16.8 Å². The van der Waals surface area contributed by atoms with Gasteiger partial charge in [0, 0.05) is 32.1 Å². The summed E-state index contributed by atoms with van der Waals surface area (Å²) in [6.07, 6.45) is -0.610. The minimum atomic E-state index is -1.63. The summed E-state index contributed by atoms with van der Waals surface area (Å²) in [6.45, 7) is 3.51. The number of halogens is 1. The molecule has 3 rings (SSSR count). The summed E-state index contributed by atoms with van der Waals surface area (Å²) in [5, 5.41) is 0. The average molecular weight is 576 g/mol. The van der Waals surface area contributed by atoms with Crippen molar-refractivity contribution in [3.05, 3.63) is 30.6 Å². The van der Waals surface area contributed by atoms with Crippen LogP contribution in [0.2, 0.25) is 0 Å². The lowest BCUT2D eigenvalue weighted by atomic mass is 10.3. The molecule has 0 N–H and O–H groups in total. The van der Waals surface area contributed by atoms with Gasteiger partial charge in [-0.2, -0.15) is 0 Å². The zero-order valence-electron chi connectivity index (χ0n) is 18.3. The number of ether oxygens (including phenoxy) is 2. The largest absolute Gasteiger partial charge is 0.463 e. The van der Waals surface area contributed by atoms with E-state index < -0.39 is 41.4 Å². The zero-order valence-corrected chi connectivity index (χ0v) is 20.5. The van der Waals surface area contributed by atoms with E-state index in [1.165, 1.54) is 4.90 Å². The normalized spacial score (nSPS) is 17.9. The van der Waals surface area contributed by atoms with E-state index in [4.69, 9.17) is 9.47 Å². The SMILES string of the molecule is CCOC(=O)[C@H](N1CCCC1=O)n1c(=O)c(I)cn([C@@H](C(=O)OCC)N2CCCC2=O)c1=O. The van der Waals surface area contributed by atoms with Gasteiger partial charge in [0.15, 0.2) is 0 Å². The van der Waals surface area contributed by atoms with Crippen LogP contribution in [0.5, 0.6) is 0 Å². The molecule has 1 aromatic heterocycles. The van der Waals surface area contributed by atoms with Gasteiger partial charge in [-0.1, -0.05) is 0 Å². The molecule has 1 aromatic rings. The van der Waals surface area contributed by atoms with Gasteiger partial charge in [-0.15, -0.1) is 0 Å². The van der Waals surface area contributed by atoms with Gasteiger partial charge in [-0.3, -0.25) is 19.0 Å². The van der Waals surface area contributed by atoms with Gasteiger partial charge in [-0.05, 0) is 49.3 Å². The quantitative estimate of drug-likeness (QED) is 0.311. The van der Waals surface area contributed by atoms with Crippen molar-refractivity contribution in [3.8, 4) is 0 Å². The van der Waals surface area contributed by atoms with Crippen molar-refractivity contribution in [2.45, 2.75) is 51.9 Å². The van der Waals surface area contributed by atoms with Crippen molar-refractivity contribution in [1.82, 2.24) is 18.9 Å². The number of hydrogen-bond acceptors (Lipinski definition) is 8. The molecule has 2 aliphatic heterocycles. The monoisotopic (exact) mass is 576 g/mol. The first-order valence-corrected chi connectivity index (χ1v) is 11.8. The van der Waals surface area contributed by atoms with E-state index in [2.05, 4.69) is 0 Å². The molecule has 0 unspecified atom stereocenters. The molecule has 2 saturated heterocycles. The number of likely N-dealkylation sites (tertiary alicyclic amines) is 2. The van der Waals surface area contributed by atoms with Crippen LogP contribution in [0.3, 0.4) is 0 Å². The Morgan fingerprint density at radius 1 is 0.909 bits per heavy atom. The van der Waals surface area contributed by atoms with Crippen LogP contribution in [0.4, 0.5) is 0 Å². The highest BCUT2D eigenvalue weighted by molar-refractivity contribution is 14.1. The number of carbonyl (C=O) groups excluding carboxylic acids is 4. The third-order valence-electron chi connectivity index (χ3n) is 5.42. The second kappa shape index (κ2) is 10.5. The van der Waals surface area contributed by atoms with Gasteiger partial charge in [0.1, 0.15) is 0 Å². The fourth-order valence-corrected chi connectivity index (χ4v) is 4.56. The maximum absolute atomic E-state index is 13.6. The Balaban J connectivity index is 2.23. The summed E-state index contributed by atoms with van der Waals surface area (Å²) in [4.78, 5) is 79.5. The molecule has 13 heteroatoms. The van der Waals surface area contributed by atoms with Crippen LogP contribution in [0.25, 0.3) is 0 Å². The number of rotatable bonds is 8. The van der Waals surface area contributed by atoms with Gasteiger partial charge in [0.25, 0.3) is 5.56 Å². The summed E-state index contributed by atoms with van der Waals surface area (Å²) < 4.78 is 11.7. The second-order valence-corrected chi connectivity index (χ2v) is 8.64. The molecule has 0 aromatic carbocycles. The standard InChI is InChI=1S/C20H25IN4O8/c1-3-32-18(29)15(22-9-5-7-13(22)26)24-11-12(21)17(28)25(20(24)31)16(19(30)33-4-2)23-10-6-8-14(23)27/h11,15-16H,3-10H2,1-2H3/t15-,16+/m0/s1. The Morgan fingerprint density at radius 3 is 1.85 bits per heavy atom. The molecule has 33 heavy (non-hydrogen) atoms.